The van der Waals surface area contributed by atoms with Crippen LogP contribution in [0.2, 0.25) is 0 Å². The molecule has 5 aliphatic rings. The van der Waals surface area contributed by atoms with Crippen molar-refractivity contribution >= 4 is 5.78 Å². The molecule has 2 aliphatic carbocycles. The van der Waals surface area contributed by atoms with E-state index >= 15 is 0 Å². The van der Waals surface area contributed by atoms with E-state index in [4.69, 9.17) is 28.1 Å². The molecule has 7 rings (SSSR count). The molecule has 1 aromatic carbocycles. The molecule has 3 aliphatic heterocycles. The normalized spacial score (nSPS) is 35.8. The predicted octanol–water partition coefficient (Wildman–Crippen LogP) is 2.67. The van der Waals surface area contributed by atoms with Crippen LogP contribution in [0.25, 0.3) is 11.3 Å². The van der Waals surface area contributed by atoms with Crippen LogP contribution in [0.4, 0.5) is 0 Å². The summed E-state index contributed by atoms with van der Waals surface area (Å²) in [6, 6.07) is 4.91. The molecule has 0 unspecified atom stereocenters. The number of hydrogen-bond acceptors (Lipinski definition) is 10. The van der Waals surface area contributed by atoms with Crippen molar-refractivity contribution in [1.29, 1.82) is 0 Å². The van der Waals surface area contributed by atoms with Crippen LogP contribution in [-0.2, 0) is 16.0 Å². The summed E-state index contributed by atoms with van der Waals surface area (Å²) < 4.78 is 34.5. The standard InChI is InChI=1S/C29H34O10/c1-25(2)22-12-21(30)27(14-37-22)28(25,32)8-7-26(3)29(27,33)13-16-18(39-26)11-17(38-24(16)31)15-9-19(34-4)23(36-6)20(10-15)35-5/h9-11,22,32-33H,7-8,12-14H2,1-6H3/t22-,26+,27-,28+,29+/m0/s1. The molecule has 2 bridgehead atoms. The minimum absolute atomic E-state index is 0.0786. The molecule has 2 saturated carbocycles. The number of ether oxygens (including phenoxy) is 5. The summed E-state index contributed by atoms with van der Waals surface area (Å²) >= 11 is 0. The third-order valence-electron chi connectivity index (χ3n) is 10.2. The lowest BCUT2D eigenvalue weighted by Crippen LogP contribution is -2.88. The largest absolute Gasteiger partial charge is 0.493 e. The van der Waals surface area contributed by atoms with Gasteiger partial charge >= 0.3 is 5.63 Å². The zero-order valence-corrected chi connectivity index (χ0v) is 23.0. The molecule has 0 amide bonds. The molecule has 4 fully saturated rings. The number of carbonyl (C=O) groups excluding carboxylic acids is 1. The van der Waals surface area contributed by atoms with Crippen LogP contribution in [0, 0.1) is 10.8 Å². The predicted molar refractivity (Wildman–Crippen MR) is 138 cm³/mol. The van der Waals surface area contributed by atoms with E-state index in [-0.39, 0.29) is 55.1 Å². The van der Waals surface area contributed by atoms with Crippen molar-refractivity contribution in [3.8, 4) is 34.3 Å². The summed E-state index contributed by atoms with van der Waals surface area (Å²) in [5, 5.41) is 24.7. The zero-order valence-electron chi connectivity index (χ0n) is 23.0. The van der Waals surface area contributed by atoms with Crippen LogP contribution in [0.5, 0.6) is 23.0 Å². The number of hydrogen-bond donors (Lipinski definition) is 2. The van der Waals surface area contributed by atoms with E-state index in [9.17, 15) is 19.8 Å². The minimum atomic E-state index is -1.91. The SMILES string of the molecule is COc1cc(-c2cc3c(c(=O)o2)C[C@]2(O)[C@@]45CO[C@@H](CC4=O)C(C)(C)[C@]5(O)CC[C@@]2(C)O3)cc(OC)c1OC. The summed E-state index contributed by atoms with van der Waals surface area (Å²) in [5.41, 5.74) is -7.32. The summed E-state index contributed by atoms with van der Waals surface area (Å²) in [7, 11) is 4.47. The average Bonchev–Trinajstić information content (AvgIpc) is 2.90. The molecule has 210 valence electrons. The van der Waals surface area contributed by atoms with Crippen molar-refractivity contribution in [3.63, 3.8) is 0 Å². The molecule has 10 heteroatoms. The average molecular weight is 543 g/mol. The molecule has 1 spiro atoms. The zero-order chi connectivity index (χ0) is 28.2. The first kappa shape index (κ1) is 26.2. The van der Waals surface area contributed by atoms with E-state index in [0.29, 0.717) is 22.8 Å². The second-order valence-electron chi connectivity index (χ2n) is 11.9. The molecule has 39 heavy (non-hydrogen) atoms. The smallest absolute Gasteiger partial charge is 0.343 e. The van der Waals surface area contributed by atoms with Gasteiger partial charge in [0, 0.05) is 29.9 Å². The van der Waals surface area contributed by atoms with Gasteiger partial charge in [-0.25, -0.2) is 4.79 Å². The van der Waals surface area contributed by atoms with Gasteiger partial charge in [-0.3, -0.25) is 4.79 Å². The van der Waals surface area contributed by atoms with Crippen LogP contribution in [0.15, 0.2) is 27.4 Å². The Balaban J connectivity index is 1.50. The molecule has 2 aromatic rings. The number of methoxy groups -OCH3 is 3. The van der Waals surface area contributed by atoms with Gasteiger partial charge in [-0.05, 0) is 31.9 Å². The first-order valence-corrected chi connectivity index (χ1v) is 13.1. The minimum Gasteiger partial charge on any atom is -0.493 e. The number of aliphatic hydroxyl groups is 2. The van der Waals surface area contributed by atoms with Crippen LogP contribution < -0.4 is 24.6 Å². The van der Waals surface area contributed by atoms with Crippen molar-refractivity contribution in [3.05, 3.63) is 34.2 Å². The van der Waals surface area contributed by atoms with Gasteiger partial charge < -0.3 is 38.3 Å². The fraction of sp³-hybridized carbons (Fsp3) is 0.586. The summed E-state index contributed by atoms with van der Waals surface area (Å²) in [6.07, 6.45) is -0.0946. The number of rotatable bonds is 4. The second kappa shape index (κ2) is 7.99. The van der Waals surface area contributed by atoms with Gasteiger partial charge in [-0.15, -0.1) is 0 Å². The van der Waals surface area contributed by atoms with Gasteiger partial charge in [0.2, 0.25) is 5.75 Å². The highest BCUT2D eigenvalue weighted by Crippen LogP contribution is 2.69. The lowest BCUT2D eigenvalue weighted by Gasteiger charge is -2.73. The summed E-state index contributed by atoms with van der Waals surface area (Å²) in [6.45, 7) is 5.34. The van der Waals surface area contributed by atoms with E-state index < -0.39 is 39.4 Å². The highest BCUT2D eigenvalue weighted by molar-refractivity contribution is 5.91. The number of carbonyl (C=O) groups is 1. The van der Waals surface area contributed by atoms with Gasteiger partial charge in [0.15, 0.2) is 11.5 Å². The summed E-state index contributed by atoms with van der Waals surface area (Å²) in [4.78, 5) is 27.2. The van der Waals surface area contributed by atoms with E-state index in [1.54, 1.807) is 25.1 Å². The maximum atomic E-state index is 13.7. The maximum Gasteiger partial charge on any atom is 0.343 e. The Labute approximate surface area is 225 Å². The highest BCUT2D eigenvalue weighted by Gasteiger charge is 2.83. The number of Topliss-reactive ketones (excluding diaryl/α,β-unsaturated/α-hetero) is 1. The Bertz CT molecular complexity index is 1420. The molecule has 2 N–H and O–H groups in total. The Hall–Kier alpha value is -3.08. The Morgan fingerprint density at radius 1 is 0.923 bits per heavy atom. The highest BCUT2D eigenvalue weighted by atomic mass is 16.5. The van der Waals surface area contributed by atoms with Crippen molar-refractivity contribution in [2.45, 2.75) is 69.4 Å². The van der Waals surface area contributed by atoms with E-state index in [2.05, 4.69) is 0 Å². The van der Waals surface area contributed by atoms with Gasteiger partial charge in [-0.2, -0.15) is 0 Å². The Morgan fingerprint density at radius 3 is 2.18 bits per heavy atom. The van der Waals surface area contributed by atoms with E-state index in [0.717, 1.165) is 0 Å². The van der Waals surface area contributed by atoms with Crippen LogP contribution in [0.1, 0.15) is 45.6 Å². The monoisotopic (exact) mass is 542 g/mol. The molecule has 1 aromatic heterocycles. The number of fused-ring (bicyclic) bond motifs is 4. The lowest BCUT2D eigenvalue weighted by molar-refractivity contribution is -0.369. The maximum absolute atomic E-state index is 13.7. The van der Waals surface area contributed by atoms with Gasteiger partial charge in [-0.1, -0.05) is 13.8 Å². The topological polar surface area (TPSA) is 134 Å². The first-order valence-electron chi connectivity index (χ1n) is 13.1. The molecule has 5 atom stereocenters. The van der Waals surface area contributed by atoms with Crippen molar-refractivity contribution in [2.75, 3.05) is 27.9 Å². The molecular formula is C29H34O10. The fourth-order valence-electron chi connectivity index (χ4n) is 7.73. The molecule has 10 nitrogen and oxygen atoms in total. The molecular weight excluding hydrogens is 508 g/mol. The van der Waals surface area contributed by atoms with Crippen LogP contribution in [-0.4, -0.2) is 66.8 Å². The van der Waals surface area contributed by atoms with Crippen molar-refractivity contribution in [2.24, 2.45) is 10.8 Å². The lowest BCUT2D eigenvalue weighted by atomic mass is 9.37. The first-order chi connectivity index (χ1) is 18.3. The second-order valence-corrected chi connectivity index (χ2v) is 11.9. The molecule has 2 saturated heterocycles. The molecule has 0 radical (unpaired) electrons. The van der Waals surface area contributed by atoms with E-state index in [1.807, 2.05) is 13.8 Å². The third kappa shape index (κ3) is 2.92. The fourth-order valence-corrected chi connectivity index (χ4v) is 7.73. The van der Waals surface area contributed by atoms with Gasteiger partial charge in [0.05, 0.1) is 45.2 Å². The Kier molecular flexibility index (Phi) is 5.36. The van der Waals surface area contributed by atoms with Gasteiger partial charge in [0.1, 0.15) is 33.9 Å². The number of benzene rings is 1. The Morgan fingerprint density at radius 2 is 1.59 bits per heavy atom. The van der Waals surface area contributed by atoms with Crippen LogP contribution in [0.3, 0.4) is 0 Å². The summed E-state index contributed by atoms with van der Waals surface area (Å²) in [5.74, 6) is 1.35. The van der Waals surface area contributed by atoms with Gasteiger partial charge in [0.25, 0.3) is 0 Å². The third-order valence-corrected chi connectivity index (χ3v) is 10.2. The van der Waals surface area contributed by atoms with Crippen molar-refractivity contribution in [1.82, 2.24) is 0 Å². The van der Waals surface area contributed by atoms with Crippen LogP contribution >= 0.6 is 0 Å². The van der Waals surface area contributed by atoms with E-state index in [1.165, 1.54) is 21.3 Å². The number of ketones is 1. The van der Waals surface area contributed by atoms with Crippen molar-refractivity contribution < 1.29 is 43.1 Å². The molecule has 4 heterocycles. The quantitative estimate of drug-likeness (QED) is 0.594.